The van der Waals surface area contributed by atoms with Crippen LogP contribution in [-0.4, -0.2) is 17.8 Å². The van der Waals surface area contributed by atoms with Crippen molar-refractivity contribution in [3.8, 4) is 0 Å². The zero-order chi connectivity index (χ0) is 10.6. The number of hydrogen-bond donors (Lipinski definition) is 1. The van der Waals surface area contributed by atoms with Gasteiger partial charge in [-0.2, -0.15) is 0 Å². The fourth-order valence-electron chi connectivity index (χ4n) is 1.13. The Kier molecular flexibility index (Phi) is 4.07. The van der Waals surface area contributed by atoms with Crippen LogP contribution in [0.4, 0.5) is 4.39 Å². The van der Waals surface area contributed by atoms with E-state index in [9.17, 15) is 9.18 Å². The second kappa shape index (κ2) is 5.10. The molecular formula is C10H11BrFNO. The van der Waals surface area contributed by atoms with Crippen LogP contribution in [0.25, 0.3) is 0 Å². The second-order valence-electron chi connectivity index (χ2n) is 2.96. The lowest BCUT2D eigenvalue weighted by Gasteiger charge is -2.04. The molecule has 0 aromatic heterocycles. The summed E-state index contributed by atoms with van der Waals surface area (Å²) in [6.45, 7) is 2.29. The molecule has 0 heterocycles. The molecule has 1 aromatic rings. The van der Waals surface area contributed by atoms with Gasteiger partial charge in [-0.1, -0.05) is 15.9 Å². The minimum Gasteiger partial charge on any atom is -0.351 e. The summed E-state index contributed by atoms with van der Waals surface area (Å²) in [5.74, 6) is -0.624. The van der Waals surface area contributed by atoms with Gasteiger partial charge in [-0.3, -0.25) is 4.79 Å². The van der Waals surface area contributed by atoms with E-state index in [4.69, 9.17) is 0 Å². The van der Waals surface area contributed by atoms with Gasteiger partial charge in [0, 0.05) is 17.4 Å². The van der Waals surface area contributed by atoms with E-state index in [2.05, 4.69) is 21.2 Å². The molecular weight excluding hydrogens is 249 g/mol. The van der Waals surface area contributed by atoms with Crippen molar-refractivity contribution in [2.75, 3.05) is 11.9 Å². The Hall–Kier alpha value is -0.900. The molecule has 1 aromatic carbocycles. The van der Waals surface area contributed by atoms with E-state index in [-0.39, 0.29) is 11.7 Å². The normalized spacial score (nSPS) is 9.93. The summed E-state index contributed by atoms with van der Waals surface area (Å²) in [7, 11) is 0. The van der Waals surface area contributed by atoms with Crippen molar-refractivity contribution in [2.45, 2.75) is 6.92 Å². The van der Waals surface area contributed by atoms with Crippen molar-refractivity contribution >= 4 is 21.8 Å². The van der Waals surface area contributed by atoms with Gasteiger partial charge in [-0.25, -0.2) is 4.39 Å². The molecule has 0 aliphatic carbocycles. The average molecular weight is 260 g/mol. The summed E-state index contributed by atoms with van der Waals surface area (Å²) in [6.07, 6.45) is 0. The van der Waals surface area contributed by atoms with E-state index in [0.717, 1.165) is 5.56 Å². The number of amides is 1. The molecule has 1 rings (SSSR count). The fraction of sp³-hybridized carbons (Fsp3) is 0.300. The molecule has 1 amide bonds. The third-order valence-corrected chi connectivity index (χ3v) is 2.08. The van der Waals surface area contributed by atoms with Gasteiger partial charge < -0.3 is 5.32 Å². The van der Waals surface area contributed by atoms with Crippen LogP contribution in [0.15, 0.2) is 18.2 Å². The number of alkyl halides is 1. The van der Waals surface area contributed by atoms with Crippen LogP contribution in [0, 0.1) is 12.7 Å². The van der Waals surface area contributed by atoms with Crippen molar-refractivity contribution in [1.29, 1.82) is 0 Å². The predicted molar refractivity (Wildman–Crippen MR) is 57.3 cm³/mol. The molecule has 0 unspecified atom stereocenters. The Morgan fingerprint density at radius 2 is 2.21 bits per heavy atom. The molecule has 14 heavy (non-hydrogen) atoms. The first-order valence-electron chi connectivity index (χ1n) is 4.25. The molecule has 2 nitrogen and oxygen atoms in total. The molecule has 0 spiro atoms. The maximum atomic E-state index is 12.9. The molecule has 0 radical (unpaired) electrons. The highest BCUT2D eigenvalue weighted by Gasteiger charge is 2.06. The number of rotatable bonds is 3. The van der Waals surface area contributed by atoms with E-state index in [1.54, 1.807) is 13.0 Å². The van der Waals surface area contributed by atoms with Crippen molar-refractivity contribution in [1.82, 2.24) is 5.32 Å². The number of aryl methyl sites for hydroxylation is 1. The van der Waals surface area contributed by atoms with Crippen LogP contribution < -0.4 is 5.32 Å². The zero-order valence-corrected chi connectivity index (χ0v) is 9.40. The SMILES string of the molecule is Cc1cc(F)cc(C(=O)NCCBr)c1. The second-order valence-corrected chi connectivity index (χ2v) is 3.76. The zero-order valence-electron chi connectivity index (χ0n) is 7.81. The minimum absolute atomic E-state index is 0.243. The van der Waals surface area contributed by atoms with Crippen LogP contribution in [0.5, 0.6) is 0 Å². The van der Waals surface area contributed by atoms with E-state index >= 15 is 0 Å². The Bertz CT molecular complexity index is 321. The molecule has 4 heteroatoms. The monoisotopic (exact) mass is 259 g/mol. The third kappa shape index (κ3) is 3.10. The maximum Gasteiger partial charge on any atom is 0.251 e. The summed E-state index contributed by atoms with van der Waals surface area (Å²) >= 11 is 3.19. The highest BCUT2D eigenvalue weighted by Crippen LogP contribution is 2.07. The number of nitrogens with one attached hydrogen (secondary N) is 1. The van der Waals surface area contributed by atoms with Crippen molar-refractivity contribution in [2.24, 2.45) is 0 Å². The van der Waals surface area contributed by atoms with Gasteiger partial charge in [0.2, 0.25) is 0 Å². The molecule has 0 bridgehead atoms. The highest BCUT2D eigenvalue weighted by molar-refractivity contribution is 9.09. The van der Waals surface area contributed by atoms with Gasteiger partial charge in [-0.05, 0) is 30.7 Å². The fourth-order valence-corrected chi connectivity index (χ4v) is 1.33. The summed E-state index contributed by atoms with van der Waals surface area (Å²) in [4.78, 5) is 11.4. The first-order valence-corrected chi connectivity index (χ1v) is 5.37. The van der Waals surface area contributed by atoms with Crippen molar-refractivity contribution in [3.63, 3.8) is 0 Å². The van der Waals surface area contributed by atoms with Crippen LogP contribution in [-0.2, 0) is 0 Å². The van der Waals surface area contributed by atoms with E-state index in [1.165, 1.54) is 12.1 Å². The van der Waals surface area contributed by atoms with Crippen LogP contribution in [0.2, 0.25) is 0 Å². The van der Waals surface area contributed by atoms with Crippen molar-refractivity contribution < 1.29 is 9.18 Å². The van der Waals surface area contributed by atoms with Gasteiger partial charge in [0.1, 0.15) is 5.82 Å². The lowest BCUT2D eigenvalue weighted by molar-refractivity contribution is 0.0955. The summed E-state index contributed by atoms with van der Waals surface area (Å²) in [5.41, 5.74) is 1.11. The number of benzene rings is 1. The summed E-state index contributed by atoms with van der Waals surface area (Å²) in [5, 5.41) is 3.34. The van der Waals surface area contributed by atoms with Gasteiger partial charge in [0.15, 0.2) is 0 Å². The molecule has 76 valence electrons. The molecule has 0 fully saturated rings. The number of hydrogen-bond acceptors (Lipinski definition) is 1. The topological polar surface area (TPSA) is 29.1 Å². The van der Waals surface area contributed by atoms with Crippen LogP contribution >= 0.6 is 15.9 Å². The Morgan fingerprint density at radius 1 is 1.50 bits per heavy atom. The lowest BCUT2D eigenvalue weighted by atomic mass is 10.1. The first kappa shape index (κ1) is 11.2. The molecule has 0 aliphatic heterocycles. The van der Waals surface area contributed by atoms with E-state index in [1.807, 2.05) is 0 Å². The van der Waals surface area contributed by atoms with Crippen LogP contribution in [0.1, 0.15) is 15.9 Å². The summed E-state index contributed by atoms with van der Waals surface area (Å²) in [6, 6.07) is 4.28. The largest absolute Gasteiger partial charge is 0.351 e. The number of carbonyl (C=O) groups is 1. The minimum atomic E-state index is -0.381. The van der Waals surface area contributed by atoms with Gasteiger partial charge >= 0.3 is 0 Å². The highest BCUT2D eigenvalue weighted by atomic mass is 79.9. The lowest BCUT2D eigenvalue weighted by Crippen LogP contribution is -2.25. The standard InChI is InChI=1S/C10H11BrFNO/c1-7-4-8(6-9(12)5-7)10(14)13-3-2-11/h4-6H,2-3H2,1H3,(H,13,14). The average Bonchev–Trinajstić information content (AvgIpc) is 2.12. The predicted octanol–water partition coefficient (Wildman–Crippen LogP) is 2.26. The maximum absolute atomic E-state index is 12.9. The van der Waals surface area contributed by atoms with Gasteiger partial charge in [0.25, 0.3) is 5.91 Å². The van der Waals surface area contributed by atoms with E-state index < -0.39 is 0 Å². The Labute approximate surface area is 90.6 Å². The van der Waals surface area contributed by atoms with Crippen molar-refractivity contribution in [3.05, 3.63) is 35.1 Å². The molecule has 0 saturated carbocycles. The van der Waals surface area contributed by atoms with Gasteiger partial charge in [0.05, 0.1) is 0 Å². The first-order chi connectivity index (χ1) is 6.63. The molecule has 0 saturated heterocycles. The van der Waals surface area contributed by atoms with Crippen LogP contribution in [0.3, 0.4) is 0 Å². The number of halogens is 2. The Balaban J connectivity index is 2.79. The summed E-state index contributed by atoms with van der Waals surface area (Å²) < 4.78 is 12.9. The van der Waals surface area contributed by atoms with E-state index in [0.29, 0.717) is 17.4 Å². The molecule has 0 atom stereocenters. The smallest absolute Gasteiger partial charge is 0.251 e. The third-order valence-electron chi connectivity index (χ3n) is 1.68. The number of carbonyl (C=O) groups excluding carboxylic acids is 1. The quantitative estimate of drug-likeness (QED) is 0.830. The van der Waals surface area contributed by atoms with Gasteiger partial charge in [-0.15, -0.1) is 0 Å². The molecule has 1 N–H and O–H groups in total. The molecule has 0 aliphatic rings. The Morgan fingerprint density at radius 3 is 2.79 bits per heavy atom.